The molecule has 2 heterocycles. The van der Waals surface area contributed by atoms with E-state index in [1.54, 1.807) is 0 Å². The second kappa shape index (κ2) is 8.89. The predicted octanol–water partition coefficient (Wildman–Crippen LogP) is 3.73. The van der Waals surface area contributed by atoms with Crippen LogP contribution in [0, 0.1) is 0 Å². The van der Waals surface area contributed by atoms with Gasteiger partial charge in [-0.25, -0.2) is 0 Å². The molecule has 3 aliphatic rings. The van der Waals surface area contributed by atoms with Crippen LogP contribution in [0.4, 0.5) is 15.9 Å². The minimum Gasteiger partial charge on any atom is -0.507 e. The smallest absolute Gasteiger partial charge is 0.123 e. The van der Waals surface area contributed by atoms with Gasteiger partial charge in [0.15, 0.2) is 0 Å². The normalized spacial score (nSPS) is 20.8. The van der Waals surface area contributed by atoms with Crippen LogP contribution in [0.3, 0.4) is 0 Å². The van der Waals surface area contributed by atoms with E-state index in [1.165, 1.54) is 22.5 Å². The summed E-state index contributed by atoms with van der Waals surface area (Å²) >= 11 is 0. The lowest BCUT2D eigenvalue weighted by Crippen LogP contribution is -2.47. The molecular weight excluding hydrogens is 391 g/mol. The average Bonchev–Trinajstić information content (AvgIpc) is 2.82. The van der Waals surface area contributed by atoms with Gasteiger partial charge in [0.25, 0.3) is 0 Å². The fourth-order valence-corrected chi connectivity index (χ4v) is 4.97. The molecule has 2 aromatic carbocycles. The van der Waals surface area contributed by atoms with E-state index < -0.39 is 0 Å². The number of aryl methyl sites for hydroxylation is 1. The van der Waals surface area contributed by atoms with Gasteiger partial charge in [-0.1, -0.05) is 24.3 Å². The van der Waals surface area contributed by atoms with E-state index in [2.05, 4.69) is 45.0 Å². The Morgan fingerprint density at radius 2 is 1.29 bits per heavy atom. The third-order valence-electron chi connectivity index (χ3n) is 6.90. The van der Waals surface area contributed by atoms with Crippen LogP contribution in [-0.2, 0) is 6.42 Å². The molecular formula is C25H31FN4O. The fraction of sp³-hybridized carbons (Fsp3) is 0.440. The first-order valence-corrected chi connectivity index (χ1v) is 11.4. The number of aliphatic hydroxyl groups excluding tert-OH is 1. The van der Waals surface area contributed by atoms with E-state index in [4.69, 9.17) is 0 Å². The van der Waals surface area contributed by atoms with Gasteiger partial charge < -0.3 is 14.9 Å². The number of anilines is 2. The topological polar surface area (TPSA) is 33.2 Å². The maximum atomic E-state index is 13.2. The number of rotatable bonds is 4. The van der Waals surface area contributed by atoms with Crippen molar-refractivity contribution in [3.05, 3.63) is 65.2 Å². The van der Waals surface area contributed by atoms with Crippen LogP contribution in [-0.4, -0.2) is 74.0 Å². The number of hydrogen-bond acceptors (Lipinski definition) is 5. The third-order valence-corrected chi connectivity index (χ3v) is 6.90. The molecule has 0 spiro atoms. The van der Waals surface area contributed by atoms with Crippen molar-refractivity contribution < 1.29 is 9.59 Å². The first-order valence-electron chi connectivity index (χ1n) is 11.4. The molecule has 1 N–H and O–H groups in total. The second-order valence-electron chi connectivity index (χ2n) is 8.79. The highest BCUT2D eigenvalue weighted by Gasteiger charge is 2.23. The van der Waals surface area contributed by atoms with Crippen LogP contribution in [0.2, 0.25) is 0 Å². The molecule has 5 rings (SSSR count). The van der Waals surface area contributed by atoms with Crippen LogP contribution < -0.4 is 9.80 Å². The summed E-state index contributed by atoms with van der Waals surface area (Å²) in [5, 5.41) is 11.6. The Kier molecular flexibility index (Phi) is 5.83. The number of fused-ring (bicyclic) bond motifs is 1. The van der Waals surface area contributed by atoms with Crippen LogP contribution in [0.5, 0.6) is 0 Å². The van der Waals surface area contributed by atoms with E-state index in [0.29, 0.717) is 18.8 Å². The van der Waals surface area contributed by atoms with Crippen LogP contribution in [0.15, 0.2) is 54.1 Å². The summed E-state index contributed by atoms with van der Waals surface area (Å²) in [5.74, 6) is 0.494. The van der Waals surface area contributed by atoms with Gasteiger partial charge in [-0.2, -0.15) is 0 Å². The van der Waals surface area contributed by atoms with Gasteiger partial charge in [0.1, 0.15) is 5.76 Å². The SMILES string of the molecule is OC1=C(CN2CCN(c3ccc(N4CCN(F)CC4)cc3)CC2)CCc2ccccc21. The second-order valence-corrected chi connectivity index (χ2v) is 8.79. The van der Waals surface area contributed by atoms with E-state index in [0.717, 1.165) is 69.3 Å². The molecule has 164 valence electrons. The quantitative estimate of drug-likeness (QED) is 0.760. The summed E-state index contributed by atoms with van der Waals surface area (Å²) in [5.41, 5.74) is 5.86. The Morgan fingerprint density at radius 3 is 1.94 bits per heavy atom. The molecule has 0 atom stereocenters. The Labute approximate surface area is 183 Å². The van der Waals surface area contributed by atoms with Crippen LogP contribution >= 0.6 is 0 Å². The van der Waals surface area contributed by atoms with Gasteiger partial charge in [-0.3, -0.25) is 4.90 Å². The Balaban J connectivity index is 1.17. The standard InChI is InChI=1S/C25H31FN4O/c26-30-17-15-29(16-18-30)23-9-7-22(8-10-23)28-13-11-27(12-14-28)19-21-6-5-20-3-1-2-4-24(20)25(21)31/h1-4,7-10,31H,5-6,11-19H2. The van der Waals surface area contributed by atoms with E-state index >= 15 is 0 Å². The highest BCUT2D eigenvalue weighted by atomic mass is 19.2. The summed E-state index contributed by atoms with van der Waals surface area (Å²) in [6.07, 6.45) is 1.96. The Bertz CT molecular complexity index is 929. The highest BCUT2D eigenvalue weighted by Crippen LogP contribution is 2.30. The predicted molar refractivity (Wildman–Crippen MR) is 124 cm³/mol. The molecule has 0 bridgehead atoms. The van der Waals surface area contributed by atoms with Crippen molar-refractivity contribution in [3.8, 4) is 0 Å². The van der Waals surface area contributed by atoms with Crippen molar-refractivity contribution in [1.29, 1.82) is 0 Å². The molecule has 2 aromatic rings. The minimum atomic E-state index is 0.473. The number of aliphatic hydroxyl groups is 1. The first kappa shape index (κ1) is 20.3. The minimum absolute atomic E-state index is 0.473. The maximum Gasteiger partial charge on any atom is 0.123 e. The Hall–Kier alpha value is -2.57. The lowest BCUT2D eigenvalue weighted by molar-refractivity contribution is 0.0200. The zero-order valence-electron chi connectivity index (χ0n) is 18.0. The van der Waals surface area contributed by atoms with Crippen molar-refractivity contribution in [2.24, 2.45) is 0 Å². The molecule has 5 nitrogen and oxygen atoms in total. The summed E-state index contributed by atoms with van der Waals surface area (Å²) < 4.78 is 13.2. The molecule has 0 unspecified atom stereocenters. The van der Waals surface area contributed by atoms with Crippen LogP contribution in [0.25, 0.3) is 5.76 Å². The van der Waals surface area contributed by atoms with Crippen LogP contribution in [0.1, 0.15) is 17.5 Å². The molecule has 0 aromatic heterocycles. The van der Waals surface area contributed by atoms with E-state index in [9.17, 15) is 9.59 Å². The van der Waals surface area contributed by atoms with Crippen molar-refractivity contribution in [1.82, 2.24) is 10.0 Å². The summed E-state index contributed by atoms with van der Waals surface area (Å²) in [6, 6.07) is 16.9. The zero-order chi connectivity index (χ0) is 21.2. The molecule has 2 saturated heterocycles. The summed E-state index contributed by atoms with van der Waals surface area (Å²) in [4.78, 5) is 7.14. The maximum absolute atomic E-state index is 13.2. The van der Waals surface area contributed by atoms with Gasteiger partial charge in [0.05, 0.1) is 0 Å². The van der Waals surface area contributed by atoms with Gasteiger partial charge in [0.2, 0.25) is 0 Å². The third kappa shape index (κ3) is 4.41. The number of hydrogen-bond donors (Lipinski definition) is 1. The molecule has 2 fully saturated rings. The van der Waals surface area contributed by atoms with Gasteiger partial charge in [-0.15, -0.1) is 9.60 Å². The zero-order valence-corrected chi connectivity index (χ0v) is 18.0. The van der Waals surface area contributed by atoms with E-state index in [1.807, 2.05) is 18.2 Å². The van der Waals surface area contributed by atoms with Crippen molar-refractivity contribution in [3.63, 3.8) is 0 Å². The summed E-state index contributed by atoms with van der Waals surface area (Å²) in [7, 11) is 0. The highest BCUT2D eigenvalue weighted by molar-refractivity contribution is 5.67. The largest absolute Gasteiger partial charge is 0.507 e. The number of nitrogens with zero attached hydrogens (tertiary/aromatic N) is 4. The molecule has 0 radical (unpaired) electrons. The Morgan fingerprint density at radius 1 is 0.710 bits per heavy atom. The lowest BCUT2D eigenvalue weighted by atomic mass is 9.90. The number of piperazine rings is 2. The molecule has 0 saturated carbocycles. The monoisotopic (exact) mass is 422 g/mol. The van der Waals surface area contributed by atoms with Crippen molar-refractivity contribution in [2.45, 2.75) is 12.8 Å². The number of halogens is 1. The molecule has 6 heteroatoms. The fourth-order valence-electron chi connectivity index (χ4n) is 4.97. The van der Waals surface area contributed by atoms with Crippen molar-refractivity contribution >= 4 is 17.1 Å². The lowest BCUT2D eigenvalue weighted by Gasteiger charge is -2.37. The van der Waals surface area contributed by atoms with Gasteiger partial charge in [-0.05, 0) is 48.2 Å². The average molecular weight is 423 g/mol. The molecule has 31 heavy (non-hydrogen) atoms. The number of benzene rings is 2. The van der Waals surface area contributed by atoms with Gasteiger partial charge in [0, 0.05) is 75.8 Å². The first-order chi connectivity index (χ1) is 15.2. The molecule has 2 aliphatic heterocycles. The molecule has 0 amide bonds. The molecule has 1 aliphatic carbocycles. The van der Waals surface area contributed by atoms with Crippen molar-refractivity contribution in [2.75, 3.05) is 68.7 Å². The van der Waals surface area contributed by atoms with Gasteiger partial charge >= 0.3 is 0 Å². The summed E-state index contributed by atoms with van der Waals surface area (Å²) in [6.45, 7) is 7.26. The van der Waals surface area contributed by atoms with E-state index in [-0.39, 0.29) is 0 Å².